The first-order valence-corrected chi connectivity index (χ1v) is 8.38. The van der Waals surface area contributed by atoms with E-state index in [1.807, 2.05) is 11.9 Å². The lowest BCUT2D eigenvalue weighted by molar-refractivity contribution is -0.132. The van der Waals surface area contributed by atoms with Crippen LogP contribution in [-0.2, 0) is 17.8 Å². The van der Waals surface area contributed by atoms with Crippen molar-refractivity contribution >= 4 is 5.91 Å². The summed E-state index contributed by atoms with van der Waals surface area (Å²) in [6.45, 7) is 3.41. The summed E-state index contributed by atoms with van der Waals surface area (Å²) in [6.07, 6.45) is 11.6. The number of hydrogen-bond acceptors (Lipinski definition) is 2. The molecule has 1 aromatic heterocycles. The fourth-order valence-corrected chi connectivity index (χ4v) is 3.58. The molecule has 2 aliphatic rings. The van der Waals surface area contributed by atoms with Gasteiger partial charge in [0, 0.05) is 31.0 Å². The molecule has 1 unspecified atom stereocenters. The summed E-state index contributed by atoms with van der Waals surface area (Å²) in [4.78, 5) is 14.5. The first-order chi connectivity index (χ1) is 10.2. The number of rotatable bonds is 5. The van der Waals surface area contributed by atoms with Crippen molar-refractivity contribution in [1.29, 1.82) is 0 Å². The molecule has 0 radical (unpaired) electrons. The van der Waals surface area contributed by atoms with Gasteiger partial charge >= 0.3 is 0 Å². The summed E-state index contributed by atoms with van der Waals surface area (Å²) in [5, 5.41) is 3.42. The Kier molecular flexibility index (Phi) is 4.34. The number of nitrogens with one attached hydrogen (secondary N) is 1. The largest absolute Gasteiger partial charge is 0.344 e. The average Bonchev–Trinajstić information content (AvgIpc) is 3.25. The Morgan fingerprint density at radius 2 is 2.14 bits per heavy atom. The molecule has 0 spiro atoms. The Labute approximate surface area is 127 Å². The fourth-order valence-electron chi connectivity index (χ4n) is 3.58. The van der Waals surface area contributed by atoms with Crippen LogP contribution >= 0.6 is 0 Å². The molecular weight excluding hydrogens is 262 g/mol. The molecule has 1 aromatic rings. The van der Waals surface area contributed by atoms with Crippen LogP contribution in [0.15, 0.2) is 12.4 Å². The van der Waals surface area contributed by atoms with Gasteiger partial charge in [-0.15, -0.1) is 0 Å². The van der Waals surface area contributed by atoms with Gasteiger partial charge in [0.05, 0.1) is 0 Å². The molecular formula is C17H27N3O. The molecule has 1 atom stereocenters. The quantitative estimate of drug-likeness (QED) is 0.846. The van der Waals surface area contributed by atoms with Crippen molar-refractivity contribution in [2.45, 2.75) is 64.1 Å². The van der Waals surface area contributed by atoms with Gasteiger partial charge in [0.1, 0.15) is 6.54 Å². The normalized spacial score (nSPS) is 21.7. The fraction of sp³-hybridized carbons (Fsp3) is 0.706. The van der Waals surface area contributed by atoms with Gasteiger partial charge < -0.3 is 14.8 Å². The van der Waals surface area contributed by atoms with Crippen LogP contribution in [0.3, 0.4) is 0 Å². The second kappa shape index (κ2) is 6.22. The smallest absolute Gasteiger partial charge is 0.242 e. The first kappa shape index (κ1) is 14.6. The van der Waals surface area contributed by atoms with Crippen LogP contribution in [0.4, 0.5) is 0 Å². The third kappa shape index (κ3) is 3.15. The predicted molar refractivity (Wildman–Crippen MR) is 84.2 cm³/mol. The Balaban J connectivity index is 1.73. The summed E-state index contributed by atoms with van der Waals surface area (Å²) < 4.78 is 2.10. The van der Waals surface area contributed by atoms with Gasteiger partial charge in [0.2, 0.25) is 5.91 Å². The second-order valence-electron chi connectivity index (χ2n) is 6.41. The monoisotopic (exact) mass is 289 g/mol. The molecule has 1 N–H and O–H groups in total. The SMILES string of the molecule is CCN(C(=O)Cn1cc2c(c1)C(NC)CCCC2)C1CC1. The highest BCUT2D eigenvalue weighted by atomic mass is 16.2. The maximum absolute atomic E-state index is 12.4. The van der Waals surface area contributed by atoms with Crippen LogP contribution in [0.5, 0.6) is 0 Å². The molecule has 1 amide bonds. The topological polar surface area (TPSA) is 37.3 Å². The zero-order chi connectivity index (χ0) is 14.8. The lowest BCUT2D eigenvalue weighted by Crippen LogP contribution is -2.35. The second-order valence-corrected chi connectivity index (χ2v) is 6.41. The number of amides is 1. The van der Waals surface area contributed by atoms with Crippen LogP contribution in [-0.4, -0.2) is 35.0 Å². The van der Waals surface area contributed by atoms with Crippen molar-refractivity contribution in [2.75, 3.05) is 13.6 Å². The van der Waals surface area contributed by atoms with E-state index in [1.165, 1.54) is 43.2 Å². The summed E-state index contributed by atoms with van der Waals surface area (Å²) in [6, 6.07) is 0.963. The van der Waals surface area contributed by atoms with Gasteiger partial charge in [-0.2, -0.15) is 0 Å². The number of aryl methyl sites for hydroxylation is 1. The highest BCUT2D eigenvalue weighted by Crippen LogP contribution is 2.30. The summed E-state index contributed by atoms with van der Waals surface area (Å²) in [5.41, 5.74) is 2.83. The van der Waals surface area contributed by atoms with Crippen LogP contribution in [0, 0.1) is 0 Å². The van der Waals surface area contributed by atoms with E-state index in [0.717, 1.165) is 13.0 Å². The Morgan fingerprint density at radius 1 is 1.33 bits per heavy atom. The number of fused-ring (bicyclic) bond motifs is 1. The average molecular weight is 289 g/mol. The number of carbonyl (C=O) groups excluding carboxylic acids is 1. The van der Waals surface area contributed by atoms with Crippen molar-refractivity contribution in [2.24, 2.45) is 0 Å². The van der Waals surface area contributed by atoms with Crippen molar-refractivity contribution in [3.63, 3.8) is 0 Å². The molecule has 1 heterocycles. The molecule has 0 bridgehead atoms. The van der Waals surface area contributed by atoms with Gasteiger partial charge in [-0.05, 0) is 57.2 Å². The summed E-state index contributed by atoms with van der Waals surface area (Å²) >= 11 is 0. The number of likely N-dealkylation sites (N-methyl/N-ethyl adjacent to an activating group) is 1. The van der Waals surface area contributed by atoms with Crippen LogP contribution in [0.25, 0.3) is 0 Å². The van der Waals surface area contributed by atoms with E-state index < -0.39 is 0 Å². The van der Waals surface area contributed by atoms with Crippen LogP contribution in [0.2, 0.25) is 0 Å². The predicted octanol–water partition coefficient (Wildman–Crippen LogP) is 2.49. The molecule has 2 aliphatic carbocycles. The molecule has 1 fully saturated rings. The molecule has 0 aromatic carbocycles. The molecule has 0 aliphatic heterocycles. The molecule has 4 nitrogen and oxygen atoms in total. The van der Waals surface area contributed by atoms with E-state index in [4.69, 9.17) is 0 Å². The van der Waals surface area contributed by atoms with Crippen LogP contribution in [0.1, 0.15) is 56.2 Å². The molecule has 0 saturated heterocycles. The standard InChI is InChI=1S/C17H27N3O/c1-3-20(14-8-9-14)17(21)12-19-10-13-6-4-5-7-16(18-2)15(13)11-19/h10-11,14,16,18H,3-9,12H2,1-2H3. The van der Waals surface area contributed by atoms with Gasteiger partial charge in [-0.1, -0.05) is 6.42 Å². The van der Waals surface area contributed by atoms with Gasteiger partial charge in [-0.3, -0.25) is 4.79 Å². The van der Waals surface area contributed by atoms with E-state index >= 15 is 0 Å². The number of nitrogens with zero attached hydrogens (tertiary/aromatic N) is 2. The Morgan fingerprint density at radius 3 is 2.81 bits per heavy atom. The van der Waals surface area contributed by atoms with Crippen molar-refractivity contribution in [3.05, 3.63) is 23.5 Å². The zero-order valence-electron chi connectivity index (χ0n) is 13.3. The van der Waals surface area contributed by atoms with Gasteiger partial charge in [-0.25, -0.2) is 0 Å². The van der Waals surface area contributed by atoms with Crippen molar-refractivity contribution in [3.8, 4) is 0 Å². The van der Waals surface area contributed by atoms with E-state index in [2.05, 4.69) is 29.2 Å². The maximum atomic E-state index is 12.4. The molecule has 21 heavy (non-hydrogen) atoms. The molecule has 1 saturated carbocycles. The molecule has 4 heteroatoms. The highest BCUT2D eigenvalue weighted by Gasteiger charge is 2.31. The van der Waals surface area contributed by atoms with Gasteiger partial charge in [0.15, 0.2) is 0 Å². The number of carbonyl (C=O) groups is 1. The minimum atomic E-state index is 0.270. The number of hydrogen-bond donors (Lipinski definition) is 1. The third-order valence-corrected chi connectivity index (χ3v) is 4.88. The first-order valence-electron chi connectivity index (χ1n) is 8.38. The van der Waals surface area contributed by atoms with Crippen molar-refractivity contribution < 1.29 is 4.79 Å². The minimum absolute atomic E-state index is 0.270. The van der Waals surface area contributed by atoms with Crippen molar-refractivity contribution in [1.82, 2.24) is 14.8 Å². The Hall–Kier alpha value is -1.29. The van der Waals surface area contributed by atoms with E-state index in [-0.39, 0.29) is 5.91 Å². The van der Waals surface area contributed by atoms with E-state index in [0.29, 0.717) is 18.6 Å². The Bertz CT molecular complexity index is 504. The summed E-state index contributed by atoms with van der Waals surface area (Å²) in [5.74, 6) is 0.270. The molecule has 116 valence electrons. The summed E-state index contributed by atoms with van der Waals surface area (Å²) in [7, 11) is 2.04. The van der Waals surface area contributed by atoms with E-state index in [9.17, 15) is 4.79 Å². The molecule has 3 rings (SSSR count). The lowest BCUT2D eigenvalue weighted by atomic mass is 10.1. The van der Waals surface area contributed by atoms with Crippen LogP contribution < -0.4 is 5.32 Å². The zero-order valence-corrected chi connectivity index (χ0v) is 13.3. The minimum Gasteiger partial charge on any atom is -0.344 e. The highest BCUT2D eigenvalue weighted by molar-refractivity contribution is 5.76. The maximum Gasteiger partial charge on any atom is 0.242 e. The van der Waals surface area contributed by atoms with E-state index in [1.54, 1.807) is 0 Å². The number of aromatic nitrogens is 1. The van der Waals surface area contributed by atoms with Gasteiger partial charge in [0.25, 0.3) is 0 Å². The third-order valence-electron chi connectivity index (χ3n) is 4.88. The lowest BCUT2D eigenvalue weighted by Gasteiger charge is -2.20.